The number of nitrogens with zero attached hydrogens (tertiary/aromatic N) is 2. The van der Waals surface area contributed by atoms with Gasteiger partial charge in [0.25, 0.3) is 0 Å². The SMILES string of the molecule is C=Cc1cc(OC)c(-c2cnc(CCCCCCCCC)[nH]2)cc1/C=C\N(C)CC. The maximum Gasteiger partial charge on any atom is 0.128 e. The lowest BCUT2D eigenvalue weighted by Gasteiger charge is -2.13. The van der Waals surface area contributed by atoms with E-state index in [4.69, 9.17) is 4.74 Å². The number of rotatable bonds is 14. The third kappa shape index (κ3) is 7.08. The number of aromatic nitrogens is 2. The van der Waals surface area contributed by atoms with Crippen LogP contribution in [0.1, 0.15) is 75.7 Å². The Morgan fingerprint density at radius 1 is 1.07 bits per heavy atom. The normalized spacial score (nSPS) is 11.2. The Kier molecular flexibility index (Phi) is 10.3. The van der Waals surface area contributed by atoms with Crippen molar-refractivity contribution in [2.45, 2.75) is 65.2 Å². The van der Waals surface area contributed by atoms with Crippen LogP contribution in [-0.2, 0) is 6.42 Å². The van der Waals surface area contributed by atoms with Crippen molar-refractivity contribution in [1.82, 2.24) is 14.9 Å². The number of aromatic amines is 1. The monoisotopic (exact) mass is 409 g/mol. The number of H-pyrrole nitrogens is 1. The van der Waals surface area contributed by atoms with Gasteiger partial charge < -0.3 is 14.6 Å². The molecule has 4 nitrogen and oxygen atoms in total. The van der Waals surface area contributed by atoms with Crippen LogP contribution in [0.25, 0.3) is 23.4 Å². The molecular formula is C26H39N3O. The average molecular weight is 410 g/mol. The Hall–Kier alpha value is -2.49. The van der Waals surface area contributed by atoms with Gasteiger partial charge in [-0.05, 0) is 48.9 Å². The van der Waals surface area contributed by atoms with Crippen molar-refractivity contribution in [3.63, 3.8) is 0 Å². The van der Waals surface area contributed by atoms with E-state index >= 15 is 0 Å². The molecule has 1 heterocycles. The minimum atomic E-state index is 0.831. The maximum atomic E-state index is 5.67. The molecule has 1 aromatic heterocycles. The van der Waals surface area contributed by atoms with E-state index in [2.05, 4.69) is 60.7 Å². The highest BCUT2D eigenvalue weighted by Gasteiger charge is 2.12. The van der Waals surface area contributed by atoms with Gasteiger partial charge in [-0.15, -0.1) is 0 Å². The van der Waals surface area contributed by atoms with E-state index < -0.39 is 0 Å². The van der Waals surface area contributed by atoms with Gasteiger partial charge in [-0.3, -0.25) is 0 Å². The molecule has 0 unspecified atom stereocenters. The lowest BCUT2D eigenvalue weighted by molar-refractivity contribution is 0.416. The molecule has 2 rings (SSSR count). The first-order valence-corrected chi connectivity index (χ1v) is 11.4. The van der Waals surface area contributed by atoms with E-state index in [9.17, 15) is 0 Å². The number of benzene rings is 1. The van der Waals surface area contributed by atoms with Crippen molar-refractivity contribution < 1.29 is 4.74 Å². The second-order valence-electron chi connectivity index (χ2n) is 7.89. The topological polar surface area (TPSA) is 41.1 Å². The Morgan fingerprint density at radius 2 is 1.80 bits per heavy atom. The fourth-order valence-electron chi connectivity index (χ4n) is 3.50. The van der Waals surface area contributed by atoms with Gasteiger partial charge in [-0.25, -0.2) is 4.98 Å². The van der Waals surface area contributed by atoms with Crippen molar-refractivity contribution >= 4 is 12.2 Å². The van der Waals surface area contributed by atoms with Crippen molar-refractivity contribution in [2.75, 3.05) is 20.7 Å². The van der Waals surface area contributed by atoms with Crippen LogP contribution in [0.3, 0.4) is 0 Å². The van der Waals surface area contributed by atoms with Gasteiger partial charge in [0.15, 0.2) is 0 Å². The molecule has 0 saturated heterocycles. The molecular weight excluding hydrogens is 370 g/mol. The highest BCUT2D eigenvalue weighted by atomic mass is 16.5. The molecule has 4 heteroatoms. The molecule has 0 spiro atoms. The summed E-state index contributed by atoms with van der Waals surface area (Å²) in [4.78, 5) is 10.3. The lowest BCUT2D eigenvalue weighted by Crippen LogP contribution is -2.08. The third-order valence-electron chi connectivity index (χ3n) is 5.57. The van der Waals surface area contributed by atoms with Gasteiger partial charge >= 0.3 is 0 Å². The molecule has 0 aliphatic rings. The summed E-state index contributed by atoms with van der Waals surface area (Å²) in [6.45, 7) is 9.32. The van der Waals surface area contributed by atoms with Crippen LogP contribution in [-0.4, -0.2) is 35.6 Å². The lowest BCUT2D eigenvalue weighted by atomic mass is 10.0. The molecule has 0 saturated carbocycles. The largest absolute Gasteiger partial charge is 0.496 e. The van der Waals surface area contributed by atoms with E-state index in [0.717, 1.165) is 46.9 Å². The van der Waals surface area contributed by atoms with Gasteiger partial charge in [0.1, 0.15) is 11.6 Å². The van der Waals surface area contributed by atoms with E-state index in [1.807, 2.05) is 18.3 Å². The summed E-state index contributed by atoms with van der Waals surface area (Å²) in [6.07, 6.45) is 18.2. The van der Waals surface area contributed by atoms with E-state index in [-0.39, 0.29) is 0 Å². The molecule has 2 aromatic rings. The first-order valence-electron chi connectivity index (χ1n) is 11.4. The Labute approximate surface area is 183 Å². The number of methoxy groups -OCH3 is 1. The minimum absolute atomic E-state index is 0.831. The minimum Gasteiger partial charge on any atom is -0.496 e. The zero-order valence-corrected chi connectivity index (χ0v) is 19.3. The maximum absolute atomic E-state index is 5.67. The van der Waals surface area contributed by atoms with Crippen molar-refractivity contribution in [3.05, 3.63) is 48.1 Å². The van der Waals surface area contributed by atoms with Gasteiger partial charge in [0.2, 0.25) is 0 Å². The summed E-state index contributed by atoms with van der Waals surface area (Å²) >= 11 is 0. The molecule has 0 aliphatic heterocycles. The molecule has 0 radical (unpaired) electrons. The molecule has 164 valence electrons. The number of aryl methyl sites for hydroxylation is 1. The summed E-state index contributed by atoms with van der Waals surface area (Å²) in [5.41, 5.74) is 4.20. The summed E-state index contributed by atoms with van der Waals surface area (Å²) in [7, 11) is 3.78. The van der Waals surface area contributed by atoms with E-state index in [1.54, 1.807) is 7.11 Å². The molecule has 1 aromatic carbocycles. The van der Waals surface area contributed by atoms with Crippen LogP contribution in [0.2, 0.25) is 0 Å². The van der Waals surface area contributed by atoms with Crippen molar-refractivity contribution in [2.24, 2.45) is 0 Å². The summed E-state index contributed by atoms with van der Waals surface area (Å²) in [5, 5.41) is 0. The molecule has 0 aliphatic carbocycles. The van der Waals surface area contributed by atoms with Crippen LogP contribution in [0.15, 0.2) is 31.1 Å². The van der Waals surface area contributed by atoms with Gasteiger partial charge in [-0.2, -0.15) is 0 Å². The highest BCUT2D eigenvalue weighted by molar-refractivity contribution is 5.76. The number of nitrogens with one attached hydrogen (secondary N) is 1. The molecule has 30 heavy (non-hydrogen) atoms. The zero-order valence-electron chi connectivity index (χ0n) is 19.3. The second-order valence-corrected chi connectivity index (χ2v) is 7.89. The number of hydrogen-bond acceptors (Lipinski definition) is 3. The van der Waals surface area contributed by atoms with Crippen LogP contribution in [0.5, 0.6) is 5.75 Å². The van der Waals surface area contributed by atoms with Crippen molar-refractivity contribution in [3.8, 4) is 17.0 Å². The highest BCUT2D eigenvalue weighted by Crippen LogP contribution is 2.33. The fraction of sp³-hybridized carbons (Fsp3) is 0.500. The molecule has 0 bridgehead atoms. The van der Waals surface area contributed by atoms with Crippen LogP contribution < -0.4 is 4.74 Å². The van der Waals surface area contributed by atoms with Crippen LogP contribution in [0.4, 0.5) is 0 Å². The summed E-state index contributed by atoms with van der Waals surface area (Å²) in [6, 6.07) is 4.20. The Morgan fingerprint density at radius 3 is 2.47 bits per heavy atom. The second kappa shape index (κ2) is 12.9. The molecule has 0 fully saturated rings. The molecule has 0 amide bonds. The Balaban J connectivity index is 2.10. The number of imidazole rings is 1. The van der Waals surface area contributed by atoms with Crippen molar-refractivity contribution in [1.29, 1.82) is 0 Å². The predicted molar refractivity (Wildman–Crippen MR) is 130 cm³/mol. The van der Waals surface area contributed by atoms with Gasteiger partial charge in [-0.1, -0.05) is 58.1 Å². The van der Waals surface area contributed by atoms with Crippen LogP contribution in [0, 0.1) is 0 Å². The Bertz CT molecular complexity index is 807. The fourth-order valence-corrected chi connectivity index (χ4v) is 3.50. The molecule has 1 N–H and O–H groups in total. The summed E-state index contributed by atoms with van der Waals surface area (Å²) in [5.74, 6) is 1.88. The van der Waals surface area contributed by atoms with Crippen LogP contribution >= 0.6 is 0 Å². The number of unbranched alkanes of at least 4 members (excludes halogenated alkanes) is 6. The standard InChI is InChI=1S/C26H39N3O/c1-6-9-10-11-12-13-14-15-26-27-20-24(28-26)23-18-22(16-17-29(4)8-3)21(7-2)19-25(23)30-5/h7,16-20H,2,6,8-15H2,1,3-5H3,(H,27,28)/b17-16-. The molecule has 0 atom stereocenters. The smallest absolute Gasteiger partial charge is 0.128 e. The van der Waals surface area contributed by atoms with Gasteiger partial charge in [0.05, 0.1) is 19.0 Å². The van der Waals surface area contributed by atoms with Gasteiger partial charge in [0, 0.05) is 25.6 Å². The third-order valence-corrected chi connectivity index (χ3v) is 5.57. The quantitative estimate of drug-likeness (QED) is 0.343. The zero-order chi connectivity index (χ0) is 21.8. The number of hydrogen-bond donors (Lipinski definition) is 1. The summed E-state index contributed by atoms with van der Waals surface area (Å²) < 4.78 is 5.67. The number of ether oxygens (including phenoxy) is 1. The first kappa shape index (κ1) is 23.8. The first-order chi connectivity index (χ1) is 14.6. The predicted octanol–water partition coefficient (Wildman–Crippen LogP) is 6.94. The van der Waals surface area contributed by atoms with E-state index in [1.165, 1.54) is 44.9 Å². The van der Waals surface area contributed by atoms with E-state index in [0.29, 0.717) is 0 Å². The average Bonchev–Trinajstić information content (AvgIpc) is 3.24.